The maximum Gasteiger partial charge on any atom is 0.289 e. The molecule has 156 valence electrons. The fourth-order valence-corrected chi connectivity index (χ4v) is 2.74. The smallest absolute Gasteiger partial charge is 0.289 e. The number of H-pyrrole nitrogens is 1. The lowest BCUT2D eigenvalue weighted by Crippen LogP contribution is -2.18. The Morgan fingerprint density at radius 3 is 2.37 bits per heavy atom. The molecule has 2 N–H and O–H groups in total. The quantitative estimate of drug-likeness (QED) is 0.437. The summed E-state index contributed by atoms with van der Waals surface area (Å²) in [5, 5.41) is 10.9. The van der Waals surface area contributed by atoms with Crippen LogP contribution in [0.4, 0.5) is 0 Å². The number of carbonyl (C=O) groups is 1. The molecule has 2 aromatic carbocycles. The molecule has 0 saturated heterocycles. The molecule has 0 fully saturated rings. The molecule has 0 aliphatic carbocycles. The van der Waals surface area contributed by atoms with Gasteiger partial charge in [0.15, 0.2) is 11.5 Å². The molecule has 0 saturated carbocycles. The predicted molar refractivity (Wildman–Crippen MR) is 112 cm³/mol. The molecule has 0 aliphatic heterocycles. The maximum atomic E-state index is 12.4. The fraction of sp³-hybridized carbons (Fsp3) is 0.190. The zero-order chi connectivity index (χ0) is 21.5. The van der Waals surface area contributed by atoms with E-state index in [4.69, 9.17) is 18.9 Å². The van der Waals surface area contributed by atoms with E-state index in [-0.39, 0.29) is 5.69 Å². The highest BCUT2D eigenvalue weighted by atomic mass is 16.5. The lowest BCUT2D eigenvalue weighted by atomic mass is 10.1. The third-order valence-corrected chi connectivity index (χ3v) is 4.31. The van der Waals surface area contributed by atoms with Gasteiger partial charge in [-0.15, -0.1) is 0 Å². The number of benzene rings is 2. The van der Waals surface area contributed by atoms with Gasteiger partial charge in [-0.05, 0) is 42.5 Å². The molecule has 0 atom stereocenters. The largest absolute Gasteiger partial charge is 0.497 e. The minimum Gasteiger partial charge on any atom is -0.497 e. The van der Waals surface area contributed by atoms with Crippen LogP contribution in [0.2, 0.25) is 0 Å². The van der Waals surface area contributed by atoms with Crippen molar-refractivity contribution >= 4 is 12.1 Å². The average Bonchev–Trinajstić information content (AvgIpc) is 3.28. The van der Waals surface area contributed by atoms with Crippen LogP contribution in [0, 0.1) is 0 Å². The number of nitrogens with one attached hydrogen (secondary N) is 2. The molecule has 1 heterocycles. The topological polar surface area (TPSA) is 107 Å². The minimum absolute atomic E-state index is 0.259. The van der Waals surface area contributed by atoms with Gasteiger partial charge in [-0.25, -0.2) is 5.43 Å². The SMILES string of the molecule is COc1ccc(OC)c(C=NNC(=O)c2cc(-c3ccc(OC)c(OC)c3)n[nH]2)c1. The lowest BCUT2D eigenvalue weighted by molar-refractivity contribution is 0.0950. The van der Waals surface area contributed by atoms with E-state index < -0.39 is 5.91 Å². The van der Waals surface area contributed by atoms with Gasteiger partial charge in [0.2, 0.25) is 0 Å². The van der Waals surface area contributed by atoms with E-state index in [0.29, 0.717) is 34.3 Å². The summed E-state index contributed by atoms with van der Waals surface area (Å²) in [6, 6.07) is 12.3. The Kier molecular flexibility index (Phi) is 6.53. The molecule has 0 aliphatic rings. The Morgan fingerprint density at radius 2 is 1.67 bits per heavy atom. The Bertz CT molecular complexity index is 1060. The highest BCUT2D eigenvalue weighted by Gasteiger charge is 2.13. The first-order chi connectivity index (χ1) is 14.6. The van der Waals surface area contributed by atoms with Crippen LogP contribution >= 0.6 is 0 Å². The number of methoxy groups -OCH3 is 4. The minimum atomic E-state index is -0.438. The zero-order valence-electron chi connectivity index (χ0n) is 17.1. The number of aromatic amines is 1. The van der Waals surface area contributed by atoms with Gasteiger partial charge in [-0.3, -0.25) is 9.89 Å². The first-order valence-electron chi connectivity index (χ1n) is 8.92. The van der Waals surface area contributed by atoms with Crippen LogP contribution in [0.15, 0.2) is 47.6 Å². The normalized spacial score (nSPS) is 10.7. The van der Waals surface area contributed by atoms with Crippen molar-refractivity contribution < 1.29 is 23.7 Å². The number of amides is 1. The number of carbonyl (C=O) groups excluding carboxylic acids is 1. The van der Waals surface area contributed by atoms with Gasteiger partial charge in [0.1, 0.15) is 17.2 Å². The van der Waals surface area contributed by atoms with Crippen molar-refractivity contribution in [3.8, 4) is 34.3 Å². The van der Waals surface area contributed by atoms with E-state index in [1.807, 2.05) is 6.07 Å². The first kappa shape index (κ1) is 20.7. The average molecular weight is 410 g/mol. The molecular formula is C21H22N4O5. The fourth-order valence-electron chi connectivity index (χ4n) is 2.74. The van der Waals surface area contributed by atoms with Crippen molar-refractivity contribution in [1.29, 1.82) is 0 Å². The van der Waals surface area contributed by atoms with Crippen molar-refractivity contribution in [3.63, 3.8) is 0 Å². The van der Waals surface area contributed by atoms with E-state index in [2.05, 4.69) is 20.7 Å². The van der Waals surface area contributed by atoms with E-state index >= 15 is 0 Å². The maximum absolute atomic E-state index is 12.4. The van der Waals surface area contributed by atoms with Gasteiger partial charge in [-0.1, -0.05) is 0 Å². The number of rotatable bonds is 8. The standard InChI is InChI=1S/C21H22N4O5/c1-27-15-6-8-18(28-2)14(9-15)12-22-25-21(26)17-11-16(23-24-17)13-5-7-19(29-3)20(10-13)30-4/h5-12H,1-4H3,(H,23,24)(H,25,26). The third kappa shape index (κ3) is 4.52. The van der Waals surface area contributed by atoms with Crippen LogP contribution in [0.25, 0.3) is 11.3 Å². The molecule has 3 rings (SSSR count). The molecule has 0 spiro atoms. The monoisotopic (exact) mass is 410 g/mol. The van der Waals surface area contributed by atoms with Crippen molar-refractivity contribution in [3.05, 3.63) is 53.7 Å². The Morgan fingerprint density at radius 1 is 0.933 bits per heavy atom. The summed E-state index contributed by atoms with van der Waals surface area (Å²) in [5.74, 6) is 1.99. The van der Waals surface area contributed by atoms with Crippen molar-refractivity contribution in [1.82, 2.24) is 15.6 Å². The molecule has 9 heteroatoms. The molecule has 1 amide bonds. The van der Waals surface area contributed by atoms with Crippen molar-refractivity contribution in [2.45, 2.75) is 0 Å². The van der Waals surface area contributed by atoms with Gasteiger partial charge in [0.05, 0.1) is 40.3 Å². The van der Waals surface area contributed by atoms with E-state index in [9.17, 15) is 4.79 Å². The van der Waals surface area contributed by atoms with Gasteiger partial charge < -0.3 is 18.9 Å². The summed E-state index contributed by atoms with van der Waals surface area (Å²) in [6.45, 7) is 0. The number of aromatic nitrogens is 2. The molecule has 9 nitrogen and oxygen atoms in total. The van der Waals surface area contributed by atoms with Crippen LogP contribution in [-0.2, 0) is 0 Å². The Labute approximate surface area is 173 Å². The molecular weight excluding hydrogens is 388 g/mol. The van der Waals surface area contributed by atoms with Gasteiger partial charge in [0, 0.05) is 11.1 Å². The number of hydrogen-bond donors (Lipinski definition) is 2. The summed E-state index contributed by atoms with van der Waals surface area (Å²) in [6.07, 6.45) is 1.48. The van der Waals surface area contributed by atoms with E-state index in [1.165, 1.54) is 6.21 Å². The summed E-state index contributed by atoms with van der Waals surface area (Å²) in [4.78, 5) is 12.4. The first-order valence-corrected chi connectivity index (χ1v) is 8.92. The van der Waals surface area contributed by atoms with Crippen LogP contribution in [0.3, 0.4) is 0 Å². The predicted octanol–water partition coefficient (Wildman–Crippen LogP) is 2.88. The summed E-state index contributed by atoms with van der Waals surface area (Å²) in [5.41, 5.74) is 4.73. The van der Waals surface area contributed by atoms with Gasteiger partial charge in [0.25, 0.3) is 5.91 Å². The summed E-state index contributed by atoms with van der Waals surface area (Å²) < 4.78 is 21.0. The molecule has 30 heavy (non-hydrogen) atoms. The van der Waals surface area contributed by atoms with E-state index in [0.717, 1.165) is 5.56 Å². The van der Waals surface area contributed by atoms with E-state index in [1.54, 1.807) is 64.8 Å². The molecule has 0 bridgehead atoms. The second-order valence-corrected chi connectivity index (χ2v) is 6.04. The second kappa shape index (κ2) is 9.46. The number of ether oxygens (including phenoxy) is 4. The lowest BCUT2D eigenvalue weighted by Gasteiger charge is -2.08. The third-order valence-electron chi connectivity index (χ3n) is 4.31. The van der Waals surface area contributed by atoms with Crippen LogP contribution in [0.1, 0.15) is 16.1 Å². The van der Waals surface area contributed by atoms with Crippen LogP contribution in [-0.4, -0.2) is 50.8 Å². The van der Waals surface area contributed by atoms with Gasteiger partial charge in [-0.2, -0.15) is 10.2 Å². The second-order valence-electron chi connectivity index (χ2n) is 6.04. The summed E-state index contributed by atoms with van der Waals surface area (Å²) >= 11 is 0. The Hall–Kier alpha value is -4.01. The molecule has 3 aromatic rings. The molecule has 0 radical (unpaired) electrons. The summed E-state index contributed by atoms with van der Waals surface area (Å²) in [7, 11) is 6.24. The Balaban J connectivity index is 1.72. The van der Waals surface area contributed by atoms with Crippen LogP contribution < -0.4 is 24.4 Å². The highest BCUT2D eigenvalue weighted by Crippen LogP contribution is 2.31. The van der Waals surface area contributed by atoms with Crippen molar-refractivity contribution in [2.24, 2.45) is 5.10 Å². The number of hydrogen-bond acceptors (Lipinski definition) is 7. The number of nitrogens with zero attached hydrogens (tertiary/aromatic N) is 2. The highest BCUT2D eigenvalue weighted by molar-refractivity contribution is 5.94. The van der Waals surface area contributed by atoms with Gasteiger partial charge >= 0.3 is 0 Å². The zero-order valence-corrected chi connectivity index (χ0v) is 17.1. The molecule has 1 aromatic heterocycles. The van der Waals surface area contributed by atoms with Crippen LogP contribution in [0.5, 0.6) is 23.0 Å². The molecule has 0 unspecified atom stereocenters. The number of hydrazone groups is 1. The van der Waals surface area contributed by atoms with Crippen molar-refractivity contribution in [2.75, 3.05) is 28.4 Å².